The number of halogens is 1. The van der Waals surface area contributed by atoms with Gasteiger partial charge in [-0.3, -0.25) is 4.79 Å². The van der Waals surface area contributed by atoms with Crippen LogP contribution in [-0.4, -0.2) is 36.0 Å². The van der Waals surface area contributed by atoms with Gasteiger partial charge in [-0.2, -0.15) is 0 Å². The largest absolute Gasteiger partial charge is 0.489 e. The van der Waals surface area contributed by atoms with Gasteiger partial charge in [-0.1, -0.05) is 18.2 Å². The molecule has 130 valence electrons. The topological polar surface area (TPSA) is 84.7 Å². The van der Waals surface area contributed by atoms with Crippen molar-refractivity contribution >= 4 is 11.9 Å². The zero-order valence-corrected chi connectivity index (χ0v) is 13.4. The maximum absolute atomic E-state index is 12.9. The van der Waals surface area contributed by atoms with Crippen molar-refractivity contribution in [3.05, 3.63) is 65.5 Å². The van der Waals surface area contributed by atoms with E-state index >= 15 is 0 Å². The smallest absolute Gasteiger partial charge is 0.314 e. The number of primary amides is 1. The molecule has 1 heterocycles. The molecule has 0 aromatic heterocycles. The van der Waals surface area contributed by atoms with Gasteiger partial charge >= 0.3 is 6.03 Å². The monoisotopic (exact) mass is 343 g/mol. The molecule has 6 nitrogen and oxygen atoms in total. The van der Waals surface area contributed by atoms with Gasteiger partial charge in [0, 0.05) is 18.7 Å². The molecule has 0 atom stereocenters. The summed E-state index contributed by atoms with van der Waals surface area (Å²) in [5.41, 5.74) is 6.45. The average Bonchev–Trinajstić information content (AvgIpc) is 2.57. The van der Waals surface area contributed by atoms with Crippen molar-refractivity contribution in [1.82, 2.24) is 10.2 Å². The minimum atomic E-state index is -0.485. The molecule has 2 aromatic carbocycles. The Hall–Kier alpha value is -3.09. The molecule has 0 bridgehead atoms. The van der Waals surface area contributed by atoms with Crippen molar-refractivity contribution in [2.45, 2.75) is 12.6 Å². The van der Waals surface area contributed by atoms with Gasteiger partial charge in [0.05, 0.1) is 6.04 Å². The van der Waals surface area contributed by atoms with E-state index in [1.165, 1.54) is 17.0 Å². The number of hydrogen-bond donors (Lipinski definition) is 2. The molecule has 2 aromatic rings. The molecule has 0 unspecified atom stereocenters. The Balaban J connectivity index is 1.54. The number of likely N-dealkylation sites (tertiary alicyclic amines) is 1. The van der Waals surface area contributed by atoms with Crippen molar-refractivity contribution in [2.24, 2.45) is 5.73 Å². The standard InChI is InChI=1S/C18H18FN3O3/c19-14-6-4-12(5-7-14)11-25-16-3-1-2-13(8-16)17(23)21-15-9-22(10-15)18(20)24/h1-8,15H,9-11H2,(H2,20,24)(H,21,23). The van der Waals surface area contributed by atoms with Gasteiger partial charge in [-0.05, 0) is 35.9 Å². The molecule has 0 saturated carbocycles. The summed E-state index contributed by atoms with van der Waals surface area (Å²) < 4.78 is 18.5. The van der Waals surface area contributed by atoms with Crippen LogP contribution in [0.4, 0.5) is 9.18 Å². The van der Waals surface area contributed by atoms with Crippen molar-refractivity contribution in [2.75, 3.05) is 13.1 Å². The lowest BCUT2D eigenvalue weighted by atomic mass is 10.1. The minimum absolute atomic E-state index is 0.0937. The zero-order chi connectivity index (χ0) is 17.8. The van der Waals surface area contributed by atoms with Gasteiger partial charge in [0.25, 0.3) is 5.91 Å². The van der Waals surface area contributed by atoms with Crippen LogP contribution in [0.2, 0.25) is 0 Å². The van der Waals surface area contributed by atoms with E-state index in [1.807, 2.05) is 0 Å². The SMILES string of the molecule is NC(=O)N1CC(NC(=O)c2cccc(OCc3ccc(F)cc3)c2)C1. The molecule has 1 aliphatic rings. The van der Waals surface area contributed by atoms with Crippen LogP contribution < -0.4 is 15.8 Å². The van der Waals surface area contributed by atoms with Gasteiger partial charge < -0.3 is 20.7 Å². The van der Waals surface area contributed by atoms with E-state index in [4.69, 9.17) is 10.5 Å². The van der Waals surface area contributed by atoms with Crippen LogP contribution in [-0.2, 0) is 6.61 Å². The van der Waals surface area contributed by atoms with E-state index in [9.17, 15) is 14.0 Å². The molecule has 0 spiro atoms. The second-order valence-corrected chi connectivity index (χ2v) is 5.86. The predicted molar refractivity (Wildman–Crippen MR) is 89.6 cm³/mol. The van der Waals surface area contributed by atoms with Crippen LogP contribution in [0, 0.1) is 5.82 Å². The number of carbonyl (C=O) groups excluding carboxylic acids is 2. The Morgan fingerprint density at radius 3 is 2.60 bits per heavy atom. The number of nitrogens with one attached hydrogen (secondary N) is 1. The highest BCUT2D eigenvalue weighted by Crippen LogP contribution is 2.16. The summed E-state index contributed by atoms with van der Waals surface area (Å²) in [7, 11) is 0. The molecule has 1 aliphatic heterocycles. The number of amides is 3. The second kappa shape index (κ2) is 7.21. The van der Waals surface area contributed by atoms with Gasteiger partial charge in [0.1, 0.15) is 18.2 Å². The first-order valence-corrected chi connectivity index (χ1v) is 7.84. The third kappa shape index (κ3) is 4.26. The Bertz CT molecular complexity index is 773. The second-order valence-electron chi connectivity index (χ2n) is 5.86. The summed E-state index contributed by atoms with van der Waals surface area (Å²) >= 11 is 0. The van der Waals surface area contributed by atoms with Crippen LogP contribution in [0.3, 0.4) is 0 Å². The van der Waals surface area contributed by atoms with E-state index in [0.717, 1.165) is 5.56 Å². The number of nitrogens with zero attached hydrogens (tertiary/aromatic N) is 1. The van der Waals surface area contributed by atoms with Crippen molar-refractivity contribution in [1.29, 1.82) is 0 Å². The first-order chi connectivity index (χ1) is 12.0. The molecule has 0 radical (unpaired) electrons. The molecular formula is C18H18FN3O3. The molecule has 3 rings (SSSR count). The Morgan fingerprint density at radius 2 is 1.92 bits per heavy atom. The lowest BCUT2D eigenvalue weighted by Crippen LogP contribution is -2.62. The van der Waals surface area contributed by atoms with Crippen LogP contribution in [0.15, 0.2) is 48.5 Å². The Labute approximate surface area is 144 Å². The summed E-state index contributed by atoms with van der Waals surface area (Å²) in [6, 6.07) is 12.3. The maximum Gasteiger partial charge on any atom is 0.314 e. The average molecular weight is 343 g/mol. The predicted octanol–water partition coefficient (Wildman–Crippen LogP) is 1.90. The third-order valence-corrected chi connectivity index (χ3v) is 3.94. The molecular weight excluding hydrogens is 325 g/mol. The lowest BCUT2D eigenvalue weighted by Gasteiger charge is -2.38. The van der Waals surface area contributed by atoms with E-state index < -0.39 is 6.03 Å². The number of carbonyl (C=O) groups is 2. The van der Waals surface area contributed by atoms with Crippen LogP contribution in [0.5, 0.6) is 5.75 Å². The number of nitrogens with two attached hydrogens (primary N) is 1. The van der Waals surface area contributed by atoms with Crippen LogP contribution in [0.25, 0.3) is 0 Å². The van der Waals surface area contributed by atoms with E-state index in [-0.39, 0.29) is 24.4 Å². The van der Waals surface area contributed by atoms with Crippen molar-refractivity contribution < 1.29 is 18.7 Å². The summed E-state index contributed by atoms with van der Waals surface area (Å²) in [5.74, 6) is 0.0130. The lowest BCUT2D eigenvalue weighted by molar-refractivity contribution is 0.0860. The van der Waals surface area contributed by atoms with E-state index in [2.05, 4.69) is 5.32 Å². The van der Waals surface area contributed by atoms with Gasteiger partial charge in [-0.25, -0.2) is 9.18 Å². The number of benzene rings is 2. The summed E-state index contributed by atoms with van der Waals surface area (Å²) in [6.07, 6.45) is 0. The van der Waals surface area contributed by atoms with Crippen LogP contribution in [0.1, 0.15) is 15.9 Å². The first-order valence-electron chi connectivity index (χ1n) is 7.84. The minimum Gasteiger partial charge on any atom is -0.489 e. The molecule has 3 amide bonds. The molecule has 7 heteroatoms. The summed E-state index contributed by atoms with van der Waals surface area (Å²) in [6.45, 7) is 1.12. The molecule has 3 N–H and O–H groups in total. The maximum atomic E-state index is 12.9. The fraction of sp³-hybridized carbons (Fsp3) is 0.222. The normalized spacial score (nSPS) is 13.9. The fourth-order valence-corrected chi connectivity index (χ4v) is 2.49. The van der Waals surface area contributed by atoms with Crippen molar-refractivity contribution in [3.8, 4) is 5.75 Å². The summed E-state index contributed by atoms with van der Waals surface area (Å²) in [5, 5.41) is 2.84. The Kier molecular flexibility index (Phi) is 4.83. The van der Waals surface area contributed by atoms with Gasteiger partial charge in [-0.15, -0.1) is 0 Å². The molecule has 1 saturated heterocycles. The third-order valence-electron chi connectivity index (χ3n) is 3.94. The molecule has 0 aliphatic carbocycles. The quantitative estimate of drug-likeness (QED) is 0.869. The van der Waals surface area contributed by atoms with E-state index in [1.54, 1.807) is 36.4 Å². The van der Waals surface area contributed by atoms with Gasteiger partial charge in [0.15, 0.2) is 0 Å². The number of ether oxygens (including phenoxy) is 1. The first kappa shape index (κ1) is 16.8. The van der Waals surface area contributed by atoms with Gasteiger partial charge in [0.2, 0.25) is 0 Å². The van der Waals surface area contributed by atoms with Crippen LogP contribution >= 0.6 is 0 Å². The number of hydrogen-bond acceptors (Lipinski definition) is 3. The fourth-order valence-electron chi connectivity index (χ4n) is 2.49. The zero-order valence-electron chi connectivity index (χ0n) is 13.4. The highest BCUT2D eigenvalue weighted by molar-refractivity contribution is 5.95. The summed E-state index contributed by atoms with van der Waals surface area (Å²) in [4.78, 5) is 24.6. The number of rotatable bonds is 5. The van der Waals surface area contributed by atoms with Crippen molar-refractivity contribution in [3.63, 3.8) is 0 Å². The Morgan fingerprint density at radius 1 is 1.20 bits per heavy atom. The highest BCUT2D eigenvalue weighted by atomic mass is 19.1. The molecule has 25 heavy (non-hydrogen) atoms. The van der Waals surface area contributed by atoms with E-state index in [0.29, 0.717) is 24.4 Å². The molecule has 1 fully saturated rings. The number of urea groups is 1. The highest BCUT2D eigenvalue weighted by Gasteiger charge is 2.30.